The van der Waals surface area contributed by atoms with Crippen molar-refractivity contribution in [3.63, 3.8) is 0 Å². The molecule has 6 heteroatoms. The fourth-order valence-electron chi connectivity index (χ4n) is 2.08. The van der Waals surface area contributed by atoms with E-state index in [1.54, 1.807) is 19.9 Å². The first-order valence-electron chi connectivity index (χ1n) is 6.39. The van der Waals surface area contributed by atoms with Gasteiger partial charge in [-0.15, -0.1) is 11.3 Å². The third kappa shape index (κ3) is 3.11. The summed E-state index contributed by atoms with van der Waals surface area (Å²) < 4.78 is 0. The van der Waals surface area contributed by atoms with Crippen LogP contribution in [0.5, 0.6) is 0 Å². The van der Waals surface area contributed by atoms with Crippen LogP contribution in [-0.2, 0) is 0 Å². The number of carbonyl (C=O) groups excluding carboxylic acids is 1. The lowest BCUT2D eigenvalue weighted by atomic mass is 10.0. The molecule has 0 aliphatic carbocycles. The van der Waals surface area contributed by atoms with Crippen molar-refractivity contribution in [1.82, 2.24) is 4.98 Å². The standard InChI is InChI=1S/C15H16N2O3S/c1-7-5-11(6-12(8(7)2)15(19)20)17-14(18)13-9(3)16-10(4)21-13/h5-6H,1-4H3,(H,17,18)(H,19,20). The molecule has 0 saturated carbocycles. The molecule has 0 aliphatic heterocycles. The highest BCUT2D eigenvalue weighted by Gasteiger charge is 2.16. The van der Waals surface area contributed by atoms with E-state index in [2.05, 4.69) is 10.3 Å². The van der Waals surface area contributed by atoms with Crippen molar-refractivity contribution >= 4 is 28.9 Å². The topological polar surface area (TPSA) is 79.3 Å². The van der Waals surface area contributed by atoms with Crippen molar-refractivity contribution in [2.45, 2.75) is 27.7 Å². The lowest BCUT2D eigenvalue weighted by Gasteiger charge is -2.10. The van der Waals surface area contributed by atoms with Crippen molar-refractivity contribution in [3.05, 3.63) is 44.4 Å². The minimum absolute atomic E-state index is 0.197. The van der Waals surface area contributed by atoms with E-state index >= 15 is 0 Å². The van der Waals surface area contributed by atoms with E-state index in [0.717, 1.165) is 10.6 Å². The lowest BCUT2D eigenvalue weighted by molar-refractivity contribution is 0.0695. The first kappa shape index (κ1) is 15.2. The van der Waals surface area contributed by atoms with Crippen LogP contribution in [0.4, 0.5) is 5.69 Å². The minimum Gasteiger partial charge on any atom is -0.478 e. The number of thiazole rings is 1. The average Bonchev–Trinajstić information content (AvgIpc) is 2.72. The molecule has 2 N–H and O–H groups in total. The molecule has 0 aliphatic rings. The first-order valence-corrected chi connectivity index (χ1v) is 7.21. The van der Waals surface area contributed by atoms with Crippen LogP contribution in [0.15, 0.2) is 12.1 Å². The van der Waals surface area contributed by atoms with Gasteiger partial charge in [-0.25, -0.2) is 9.78 Å². The van der Waals surface area contributed by atoms with Crippen LogP contribution in [0, 0.1) is 27.7 Å². The van der Waals surface area contributed by atoms with Crippen LogP contribution in [-0.4, -0.2) is 22.0 Å². The summed E-state index contributed by atoms with van der Waals surface area (Å²) in [6.07, 6.45) is 0. The van der Waals surface area contributed by atoms with E-state index in [1.165, 1.54) is 17.4 Å². The molecular weight excluding hydrogens is 288 g/mol. The Balaban J connectivity index is 2.34. The zero-order valence-corrected chi connectivity index (χ0v) is 13.1. The molecule has 2 rings (SSSR count). The van der Waals surface area contributed by atoms with Gasteiger partial charge in [0.1, 0.15) is 4.88 Å². The Hall–Kier alpha value is -2.21. The molecule has 0 fully saturated rings. The van der Waals surface area contributed by atoms with E-state index in [1.807, 2.05) is 13.8 Å². The van der Waals surface area contributed by atoms with Gasteiger partial charge in [0.05, 0.1) is 16.3 Å². The van der Waals surface area contributed by atoms with Crippen molar-refractivity contribution in [3.8, 4) is 0 Å². The molecule has 21 heavy (non-hydrogen) atoms. The summed E-state index contributed by atoms with van der Waals surface area (Å²) in [7, 11) is 0. The van der Waals surface area contributed by atoms with Gasteiger partial charge in [0.2, 0.25) is 0 Å². The van der Waals surface area contributed by atoms with Gasteiger partial charge in [0, 0.05) is 5.69 Å². The quantitative estimate of drug-likeness (QED) is 0.911. The van der Waals surface area contributed by atoms with Gasteiger partial charge in [0.25, 0.3) is 5.91 Å². The van der Waals surface area contributed by atoms with Gasteiger partial charge in [0.15, 0.2) is 0 Å². The lowest BCUT2D eigenvalue weighted by Crippen LogP contribution is -2.13. The number of anilines is 1. The fraction of sp³-hybridized carbons (Fsp3) is 0.267. The van der Waals surface area contributed by atoms with Gasteiger partial charge in [-0.1, -0.05) is 0 Å². The average molecular weight is 304 g/mol. The Morgan fingerprint density at radius 3 is 2.38 bits per heavy atom. The number of benzene rings is 1. The van der Waals surface area contributed by atoms with Gasteiger partial charge in [-0.2, -0.15) is 0 Å². The summed E-state index contributed by atoms with van der Waals surface area (Å²) in [6.45, 7) is 7.19. The molecule has 110 valence electrons. The number of hydrogen-bond acceptors (Lipinski definition) is 4. The van der Waals surface area contributed by atoms with Gasteiger partial charge < -0.3 is 10.4 Å². The van der Waals surface area contributed by atoms with Crippen LogP contribution < -0.4 is 5.32 Å². The minimum atomic E-state index is -1.00. The predicted molar refractivity (Wildman–Crippen MR) is 82.4 cm³/mol. The van der Waals surface area contributed by atoms with Crippen LogP contribution in [0.2, 0.25) is 0 Å². The number of carboxylic acid groups (broad SMARTS) is 1. The summed E-state index contributed by atoms with van der Waals surface area (Å²) in [4.78, 5) is 28.2. The molecule has 1 amide bonds. The molecular formula is C15H16N2O3S. The Kier molecular flexibility index (Phi) is 4.09. The number of hydrogen-bond donors (Lipinski definition) is 2. The molecule has 5 nitrogen and oxygen atoms in total. The summed E-state index contributed by atoms with van der Waals surface area (Å²) in [5.41, 5.74) is 2.87. The molecule has 0 saturated heterocycles. The SMILES string of the molecule is Cc1nc(C)c(C(=O)Nc2cc(C)c(C)c(C(=O)O)c2)s1. The number of amides is 1. The van der Waals surface area contributed by atoms with Crippen molar-refractivity contribution in [2.75, 3.05) is 5.32 Å². The maximum Gasteiger partial charge on any atom is 0.336 e. The third-order valence-corrected chi connectivity index (χ3v) is 4.34. The maximum absolute atomic E-state index is 12.2. The Morgan fingerprint density at radius 1 is 1.19 bits per heavy atom. The van der Waals surface area contributed by atoms with Crippen molar-refractivity contribution < 1.29 is 14.7 Å². The van der Waals surface area contributed by atoms with E-state index < -0.39 is 5.97 Å². The molecule has 0 radical (unpaired) electrons. The third-order valence-electron chi connectivity index (χ3n) is 3.27. The van der Waals surface area contributed by atoms with Gasteiger partial charge in [-0.3, -0.25) is 4.79 Å². The van der Waals surface area contributed by atoms with Crippen molar-refractivity contribution in [1.29, 1.82) is 0 Å². The molecule has 0 spiro atoms. The monoisotopic (exact) mass is 304 g/mol. The number of aryl methyl sites for hydroxylation is 3. The Labute approximate surface area is 126 Å². The number of nitrogens with zero attached hydrogens (tertiary/aromatic N) is 1. The normalized spacial score (nSPS) is 10.5. The number of nitrogens with one attached hydrogen (secondary N) is 1. The highest BCUT2D eigenvalue weighted by atomic mass is 32.1. The van der Waals surface area contributed by atoms with E-state index in [-0.39, 0.29) is 11.5 Å². The zero-order chi connectivity index (χ0) is 15.7. The number of carboxylic acids is 1. The summed E-state index contributed by atoms with van der Waals surface area (Å²) in [5.74, 6) is -1.27. The Bertz CT molecular complexity index is 735. The molecule has 2 aromatic rings. The largest absolute Gasteiger partial charge is 0.478 e. The van der Waals surface area contributed by atoms with E-state index in [9.17, 15) is 14.7 Å². The smallest absolute Gasteiger partial charge is 0.336 e. The zero-order valence-electron chi connectivity index (χ0n) is 12.3. The number of aromatic nitrogens is 1. The molecule has 0 atom stereocenters. The van der Waals surface area contributed by atoms with E-state index in [4.69, 9.17) is 0 Å². The highest BCUT2D eigenvalue weighted by molar-refractivity contribution is 7.13. The highest BCUT2D eigenvalue weighted by Crippen LogP contribution is 2.23. The van der Waals surface area contributed by atoms with Gasteiger partial charge >= 0.3 is 5.97 Å². The summed E-state index contributed by atoms with van der Waals surface area (Å²) >= 11 is 1.32. The first-order chi connectivity index (χ1) is 9.79. The maximum atomic E-state index is 12.2. The second kappa shape index (κ2) is 5.65. The van der Waals surface area contributed by atoms with Crippen molar-refractivity contribution in [2.24, 2.45) is 0 Å². The second-order valence-corrected chi connectivity index (χ2v) is 6.08. The molecule has 1 aromatic carbocycles. The molecule has 1 aromatic heterocycles. The molecule has 0 bridgehead atoms. The number of rotatable bonds is 3. The summed E-state index contributed by atoms with van der Waals surface area (Å²) in [5, 5.41) is 12.8. The van der Waals surface area contributed by atoms with Crippen LogP contribution in [0.1, 0.15) is 41.9 Å². The summed E-state index contributed by atoms with van der Waals surface area (Å²) in [6, 6.07) is 3.24. The fourth-order valence-corrected chi connectivity index (χ4v) is 2.90. The second-order valence-electron chi connectivity index (χ2n) is 4.87. The van der Waals surface area contributed by atoms with E-state index in [0.29, 0.717) is 21.8 Å². The molecule has 0 unspecified atom stereocenters. The van der Waals surface area contributed by atoms with Crippen LogP contribution >= 0.6 is 11.3 Å². The molecule has 1 heterocycles. The Morgan fingerprint density at radius 2 is 1.86 bits per heavy atom. The number of aromatic carboxylic acids is 1. The number of carbonyl (C=O) groups is 2. The predicted octanol–water partition coefficient (Wildman–Crippen LogP) is 3.33. The van der Waals surface area contributed by atoms with Crippen LogP contribution in [0.3, 0.4) is 0 Å². The van der Waals surface area contributed by atoms with Crippen LogP contribution in [0.25, 0.3) is 0 Å². The van der Waals surface area contributed by atoms with Gasteiger partial charge in [-0.05, 0) is 51.0 Å².